The SMILES string of the molecule is COc1cc(F)cc(Nc2ccc([N+](=O)[O-])cc2F)c1. The number of nitrogens with one attached hydrogen (secondary N) is 1. The van der Waals surface area contributed by atoms with E-state index in [4.69, 9.17) is 4.74 Å². The summed E-state index contributed by atoms with van der Waals surface area (Å²) >= 11 is 0. The summed E-state index contributed by atoms with van der Waals surface area (Å²) in [5, 5.41) is 13.1. The molecule has 0 aliphatic heterocycles. The summed E-state index contributed by atoms with van der Waals surface area (Å²) in [6, 6.07) is 6.97. The topological polar surface area (TPSA) is 64.4 Å². The molecule has 0 saturated heterocycles. The Labute approximate surface area is 113 Å². The number of methoxy groups -OCH3 is 1. The summed E-state index contributed by atoms with van der Waals surface area (Å²) in [6.07, 6.45) is 0. The Morgan fingerprint density at radius 1 is 1.20 bits per heavy atom. The molecule has 0 aromatic heterocycles. The van der Waals surface area contributed by atoms with Gasteiger partial charge < -0.3 is 10.1 Å². The van der Waals surface area contributed by atoms with E-state index in [1.54, 1.807) is 0 Å². The first kappa shape index (κ1) is 13.7. The number of nitro groups is 1. The van der Waals surface area contributed by atoms with E-state index < -0.39 is 16.6 Å². The molecule has 0 aliphatic carbocycles. The largest absolute Gasteiger partial charge is 0.497 e. The second kappa shape index (κ2) is 5.52. The molecule has 2 aromatic carbocycles. The van der Waals surface area contributed by atoms with Gasteiger partial charge in [-0.05, 0) is 12.1 Å². The summed E-state index contributed by atoms with van der Waals surface area (Å²) in [5.41, 5.74) is -0.0808. The third-order valence-corrected chi connectivity index (χ3v) is 2.55. The number of non-ortho nitro benzene ring substituents is 1. The normalized spacial score (nSPS) is 10.2. The van der Waals surface area contributed by atoms with Gasteiger partial charge in [-0.25, -0.2) is 8.78 Å². The van der Waals surface area contributed by atoms with Crippen molar-refractivity contribution in [1.29, 1.82) is 0 Å². The Kier molecular flexibility index (Phi) is 3.79. The molecule has 20 heavy (non-hydrogen) atoms. The van der Waals surface area contributed by atoms with Crippen molar-refractivity contribution in [2.45, 2.75) is 0 Å². The molecular formula is C13H10F2N2O3. The van der Waals surface area contributed by atoms with Gasteiger partial charge in [0.2, 0.25) is 0 Å². The van der Waals surface area contributed by atoms with Crippen LogP contribution < -0.4 is 10.1 Å². The van der Waals surface area contributed by atoms with Gasteiger partial charge in [-0.3, -0.25) is 10.1 Å². The van der Waals surface area contributed by atoms with Crippen molar-refractivity contribution in [3.05, 3.63) is 58.1 Å². The van der Waals surface area contributed by atoms with Crippen LogP contribution in [0, 0.1) is 21.7 Å². The molecule has 0 amide bonds. The monoisotopic (exact) mass is 280 g/mol. The zero-order valence-electron chi connectivity index (χ0n) is 10.4. The predicted molar refractivity (Wildman–Crippen MR) is 69.3 cm³/mol. The Morgan fingerprint density at radius 3 is 2.55 bits per heavy atom. The summed E-state index contributed by atoms with van der Waals surface area (Å²) < 4.78 is 31.9. The van der Waals surface area contributed by atoms with Crippen LogP contribution in [0.4, 0.5) is 25.8 Å². The number of benzene rings is 2. The number of hydrogen-bond acceptors (Lipinski definition) is 4. The summed E-state index contributed by atoms with van der Waals surface area (Å²) in [7, 11) is 1.38. The van der Waals surface area contributed by atoms with Crippen molar-refractivity contribution in [3.8, 4) is 5.75 Å². The minimum absolute atomic E-state index is 0.00301. The highest BCUT2D eigenvalue weighted by Gasteiger charge is 2.11. The second-order valence-corrected chi connectivity index (χ2v) is 3.93. The Balaban J connectivity index is 2.30. The molecule has 7 heteroatoms. The number of nitro benzene ring substituents is 1. The first-order chi connectivity index (χ1) is 9.49. The van der Waals surface area contributed by atoms with E-state index in [1.807, 2.05) is 0 Å². The average Bonchev–Trinajstić information content (AvgIpc) is 2.40. The lowest BCUT2D eigenvalue weighted by molar-refractivity contribution is -0.385. The molecule has 2 aromatic rings. The molecule has 0 bridgehead atoms. The van der Waals surface area contributed by atoms with Crippen molar-refractivity contribution >= 4 is 17.1 Å². The van der Waals surface area contributed by atoms with E-state index >= 15 is 0 Å². The number of halogens is 2. The van der Waals surface area contributed by atoms with Gasteiger partial charge in [-0.2, -0.15) is 0 Å². The van der Waals surface area contributed by atoms with Crippen LogP contribution in [0.3, 0.4) is 0 Å². The van der Waals surface area contributed by atoms with E-state index in [9.17, 15) is 18.9 Å². The lowest BCUT2D eigenvalue weighted by atomic mass is 10.2. The lowest BCUT2D eigenvalue weighted by Crippen LogP contribution is -1.97. The van der Waals surface area contributed by atoms with Crippen molar-refractivity contribution in [2.24, 2.45) is 0 Å². The van der Waals surface area contributed by atoms with Gasteiger partial charge in [0.05, 0.1) is 23.8 Å². The standard InChI is InChI=1S/C13H10F2N2O3/c1-20-11-5-8(14)4-9(6-11)16-13-3-2-10(17(18)19)7-12(13)15/h2-7,16H,1H3. The van der Waals surface area contributed by atoms with E-state index in [-0.39, 0.29) is 22.8 Å². The van der Waals surface area contributed by atoms with Gasteiger partial charge in [0.1, 0.15) is 11.6 Å². The molecule has 0 radical (unpaired) electrons. The average molecular weight is 280 g/mol. The Bertz CT molecular complexity index is 662. The van der Waals surface area contributed by atoms with Gasteiger partial charge in [-0.15, -0.1) is 0 Å². The quantitative estimate of drug-likeness (QED) is 0.686. The Hall–Kier alpha value is -2.70. The number of hydrogen-bond donors (Lipinski definition) is 1. The van der Waals surface area contributed by atoms with Crippen LogP contribution in [-0.4, -0.2) is 12.0 Å². The molecule has 0 heterocycles. The van der Waals surface area contributed by atoms with Crippen LogP contribution in [0.1, 0.15) is 0 Å². The van der Waals surface area contributed by atoms with Crippen LogP contribution in [0.5, 0.6) is 5.75 Å². The van der Waals surface area contributed by atoms with Crippen LogP contribution >= 0.6 is 0 Å². The lowest BCUT2D eigenvalue weighted by Gasteiger charge is -2.09. The first-order valence-corrected chi connectivity index (χ1v) is 5.55. The van der Waals surface area contributed by atoms with E-state index in [1.165, 1.54) is 25.3 Å². The fourth-order valence-electron chi connectivity index (χ4n) is 1.63. The van der Waals surface area contributed by atoms with Crippen LogP contribution in [0.15, 0.2) is 36.4 Å². The van der Waals surface area contributed by atoms with Crippen molar-refractivity contribution < 1.29 is 18.4 Å². The van der Waals surface area contributed by atoms with Gasteiger partial charge in [0.15, 0.2) is 5.82 Å². The highest BCUT2D eigenvalue weighted by atomic mass is 19.1. The summed E-state index contributed by atoms with van der Waals surface area (Å²) in [6.45, 7) is 0. The molecule has 104 valence electrons. The molecule has 5 nitrogen and oxygen atoms in total. The predicted octanol–water partition coefficient (Wildman–Crippen LogP) is 3.63. The second-order valence-electron chi connectivity index (χ2n) is 3.93. The first-order valence-electron chi connectivity index (χ1n) is 5.55. The van der Waals surface area contributed by atoms with Gasteiger partial charge in [0, 0.05) is 23.9 Å². The van der Waals surface area contributed by atoms with Crippen molar-refractivity contribution in [1.82, 2.24) is 0 Å². The molecule has 1 N–H and O–H groups in total. The fraction of sp³-hybridized carbons (Fsp3) is 0.0769. The zero-order chi connectivity index (χ0) is 14.7. The zero-order valence-corrected chi connectivity index (χ0v) is 10.4. The molecular weight excluding hydrogens is 270 g/mol. The molecule has 0 fully saturated rings. The van der Waals surface area contributed by atoms with Crippen LogP contribution in [-0.2, 0) is 0 Å². The molecule has 2 rings (SSSR count). The minimum atomic E-state index is -0.803. The summed E-state index contributed by atoms with van der Waals surface area (Å²) in [5.74, 6) is -1.08. The molecule has 0 aliphatic rings. The maximum absolute atomic E-state index is 13.7. The van der Waals surface area contributed by atoms with Crippen LogP contribution in [0.25, 0.3) is 0 Å². The fourth-order valence-corrected chi connectivity index (χ4v) is 1.63. The Morgan fingerprint density at radius 2 is 1.95 bits per heavy atom. The minimum Gasteiger partial charge on any atom is -0.497 e. The smallest absolute Gasteiger partial charge is 0.272 e. The van der Waals surface area contributed by atoms with Crippen LogP contribution in [0.2, 0.25) is 0 Å². The number of rotatable bonds is 4. The van der Waals surface area contributed by atoms with Gasteiger partial charge in [0.25, 0.3) is 5.69 Å². The molecule has 0 saturated carbocycles. The molecule has 0 atom stereocenters. The van der Waals surface area contributed by atoms with Gasteiger partial charge in [-0.1, -0.05) is 0 Å². The van der Waals surface area contributed by atoms with Gasteiger partial charge >= 0.3 is 0 Å². The van der Waals surface area contributed by atoms with E-state index in [2.05, 4.69) is 5.32 Å². The maximum Gasteiger partial charge on any atom is 0.272 e. The number of anilines is 2. The van der Waals surface area contributed by atoms with E-state index in [0.29, 0.717) is 0 Å². The maximum atomic E-state index is 13.7. The summed E-state index contributed by atoms with van der Waals surface area (Å²) in [4.78, 5) is 9.81. The highest BCUT2D eigenvalue weighted by molar-refractivity contribution is 5.63. The molecule has 0 spiro atoms. The number of nitrogens with zero attached hydrogens (tertiary/aromatic N) is 1. The molecule has 0 unspecified atom stereocenters. The van der Waals surface area contributed by atoms with Crippen molar-refractivity contribution in [3.63, 3.8) is 0 Å². The number of ether oxygens (including phenoxy) is 1. The highest BCUT2D eigenvalue weighted by Crippen LogP contribution is 2.26. The van der Waals surface area contributed by atoms with Crippen molar-refractivity contribution in [2.75, 3.05) is 12.4 Å². The van der Waals surface area contributed by atoms with E-state index in [0.717, 1.165) is 18.2 Å². The third kappa shape index (κ3) is 3.00. The third-order valence-electron chi connectivity index (χ3n) is 2.55.